The van der Waals surface area contributed by atoms with Crippen molar-refractivity contribution in [1.29, 1.82) is 0 Å². The van der Waals surface area contributed by atoms with Gasteiger partial charge in [0.1, 0.15) is 0 Å². The number of hydrogen-bond donors (Lipinski definition) is 2. The quantitative estimate of drug-likeness (QED) is 0.511. The minimum Gasteiger partial charge on any atom is -0.271 e. The fourth-order valence-corrected chi connectivity index (χ4v) is 2.96. The van der Waals surface area contributed by atoms with Crippen LogP contribution in [0.1, 0.15) is 47.0 Å². The maximum Gasteiger partial charge on any atom is 0.0220 e. The molecule has 3 N–H and O–H groups in total. The summed E-state index contributed by atoms with van der Waals surface area (Å²) >= 11 is 0. The molecule has 0 spiro atoms. The Kier molecular flexibility index (Phi) is 4.23. The van der Waals surface area contributed by atoms with Crippen LogP contribution < -0.4 is 11.3 Å². The molecule has 0 bridgehead atoms. The highest BCUT2D eigenvalue weighted by atomic mass is 35.5. The second kappa shape index (κ2) is 4.16. The third-order valence-corrected chi connectivity index (χ3v) is 2.79. The van der Waals surface area contributed by atoms with E-state index in [1.807, 2.05) is 0 Å². The Morgan fingerprint density at radius 3 is 1.77 bits per heavy atom. The van der Waals surface area contributed by atoms with Crippen molar-refractivity contribution < 1.29 is 0 Å². The van der Waals surface area contributed by atoms with E-state index in [2.05, 4.69) is 33.1 Å². The first-order valence-corrected chi connectivity index (χ1v) is 4.81. The Morgan fingerprint density at radius 1 is 1.08 bits per heavy atom. The van der Waals surface area contributed by atoms with Crippen LogP contribution >= 0.6 is 12.4 Å². The summed E-state index contributed by atoms with van der Waals surface area (Å²) in [6, 6.07) is 0.503. The van der Waals surface area contributed by atoms with Crippen LogP contribution in [0.3, 0.4) is 0 Å². The highest BCUT2D eigenvalue weighted by Gasteiger charge is 2.37. The van der Waals surface area contributed by atoms with Crippen LogP contribution in [0.4, 0.5) is 0 Å². The highest BCUT2D eigenvalue weighted by Crippen LogP contribution is 2.45. The van der Waals surface area contributed by atoms with Crippen molar-refractivity contribution in [3.05, 3.63) is 0 Å². The molecule has 80 valence electrons. The van der Waals surface area contributed by atoms with E-state index in [9.17, 15) is 0 Å². The van der Waals surface area contributed by atoms with Gasteiger partial charge in [-0.3, -0.25) is 11.3 Å². The summed E-state index contributed by atoms with van der Waals surface area (Å²) in [5.41, 5.74) is 3.80. The van der Waals surface area contributed by atoms with Gasteiger partial charge in [0.25, 0.3) is 0 Å². The largest absolute Gasteiger partial charge is 0.271 e. The normalized spacial score (nSPS) is 26.5. The molecule has 0 aromatic heterocycles. The molecule has 0 saturated heterocycles. The topological polar surface area (TPSA) is 38.0 Å². The van der Waals surface area contributed by atoms with Gasteiger partial charge in [0.15, 0.2) is 0 Å². The first kappa shape index (κ1) is 13.2. The Bertz CT molecular complexity index is 150. The predicted molar refractivity (Wildman–Crippen MR) is 59.8 cm³/mol. The minimum atomic E-state index is 0. The molecule has 3 heteroatoms. The molecule has 1 rings (SSSR count). The zero-order valence-corrected chi connectivity index (χ0v) is 10.0. The molecule has 0 amide bonds. The van der Waals surface area contributed by atoms with Gasteiger partial charge in [-0.25, -0.2) is 0 Å². The molecule has 0 heterocycles. The van der Waals surface area contributed by atoms with E-state index >= 15 is 0 Å². The maximum absolute atomic E-state index is 5.50. The van der Waals surface area contributed by atoms with E-state index in [0.29, 0.717) is 16.9 Å². The fraction of sp³-hybridized carbons (Fsp3) is 1.00. The van der Waals surface area contributed by atoms with Gasteiger partial charge in [-0.15, -0.1) is 12.4 Å². The van der Waals surface area contributed by atoms with E-state index in [1.165, 1.54) is 19.3 Å². The summed E-state index contributed by atoms with van der Waals surface area (Å²) in [6.45, 7) is 9.33. The molecule has 1 aliphatic carbocycles. The van der Waals surface area contributed by atoms with Crippen molar-refractivity contribution >= 4 is 12.4 Å². The standard InChI is InChI=1S/C10H22N2.ClH/c1-9(2)5-8(12-11)6-10(3,4)7-9;/h8,12H,5-7,11H2,1-4H3;1H. The summed E-state index contributed by atoms with van der Waals surface area (Å²) in [4.78, 5) is 0. The van der Waals surface area contributed by atoms with Crippen LogP contribution in [-0.4, -0.2) is 6.04 Å². The van der Waals surface area contributed by atoms with E-state index in [1.54, 1.807) is 0 Å². The van der Waals surface area contributed by atoms with Crippen LogP contribution in [0, 0.1) is 10.8 Å². The van der Waals surface area contributed by atoms with E-state index in [-0.39, 0.29) is 12.4 Å². The SMILES string of the molecule is CC1(C)CC(NN)CC(C)(C)C1.Cl. The molecule has 2 nitrogen and oxygen atoms in total. The Balaban J connectivity index is 0.00000144. The summed E-state index contributed by atoms with van der Waals surface area (Å²) in [5.74, 6) is 5.50. The monoisotopic (exact) mass is 206 g/mol. The number of hydrazine groups is 1. The van der Waals surface area contributed by atoms with Gasteiger partial charge in [0.05, 0.1) is 0 Å². The number of nitrogens with one attached hydrogen (secondary N) is 1. The Labute approximate surface area is 88.0 Å². The minimum absolute atomic E-state index is 0. The van der Waals surface area contributed by atoms with Gasteiger partial charge < -0.3 is 0 Å². The van der Waals surface area contributed by atoms with Crippen molar-refractivity contribution in [2.24, 2.45) is 16.7 Å². The lowest BCUT2D eigenvalue weighted by Crippen LogP contribution is -2.46. The van der Waals surface area contributed by atoms with Gasteiger partial charge in [0, 0.05) is 6.04 Å². The molecule has 0 aromatic rings. The summed E-state index contributed by atoms with van der Waals surface area (Å²) < 4.78 is 0. The number of halogens is 1. The van der Waals surface area contributed by atoms with Gasteiger partial charge in [-0.05, 0) is 30.1 Å². The van der Waals surface area contributed by atoms with E-state index in [0.717, 1.165) is 0 Å². The lowest BCUT2D eigenvalue weighted by atomic mass is 9.64. The van der Waals surface area contributed by atoms with Crippen LogP contribution in [0.15, 0.2) is 0 Å². The fourth-order valence-electron chi connectivity index (χ4n) is 2.96. The average Bonchev–Trinajstić information content (AvgIpc) is 1.80. The zero-order chi connectivity index (χ0) is 9.41. The number of rotatable bonds is 1. The third-order valence-electron chi connectivity index (χ3n) is 2.79. The van der Waals surface area contributed by atoms with Crippen molar-refractivity contribution in [1.82, 2.24) is 5.43 Å². The third kappa shape index (κ3) is 3.84. The van der Waals surface area contributed by atoms with E-state index in [4.69, 9.17) is 5.84 Å². The van der Waals surface area contributed by atoms with Gasteiger partial charge in [-0.1, -0.05) is 27.7 Å². The molecule has 1 saturated carbocycles. The summed E-state index contributed by atoms with van der Waals surface area (Å²) in [5, 5.41) is 0. The van der Waals surface area contributed by atoms with Crippen LogP contribution in [0.2, 0.25) is 0 Å². The van der Waals surface area contributed by atoms with Crippen molar-refractivity contribution in [3.63, 3.8) is 0 Å². The van der Waals surface area contributed by atoms with E-state index < -0.39 is 0 Å². The maximum atomic E-state index is 5.50. The average molecular weight is 207 g/mol. The van der Waals surface area contributed by atoms with Crippen LogP contribution in [-0.2, 0) is 0 Å². The second-order valence-electron chi connectivity index (χ2n) is 5.78. The molecular formula is C10H23ClN2. The molecule has 0 radical (unpaired) electrons. The van der Waals surface area contributed by atoms with Crippen molar-refractivity contribution in [2.45, 2.75) is 53.0 Å². The molecule has 0 atom stereocenters. The molecule has 1 aliphatic rings. The molecule has 0 aromatic carbocycles. The van der Waals surface area contributed by atoms with Gasteiger partial charge in [-0.2, -0.15) is 0 Å². The molecule has 0 unspecified atom stereocenters. The Morgan fingerprint density at radius 2 is 1.46 bits per heavy atom. The molecular weight excluding hydrogens is 184 g/mol. The summed E-state index contributed by atoms with van der Waals surface area (Å²) in [7, 11) is 0. The molecule has 1 fully saturated rings. The lowest BCUT2D eigenvalue weighted by molar-refractivity contribution is 0.0853. The van der Waals surface area contributed by atoms with Gasteiger partial charge in [0.2, 0.25) is 0 Å². The molecule has 0 aliphatic heterocycles. The Hall–Kier alpha value is 0.210. The highest BCUT2D eigenvalue weighted by molar-refractivity contribution is 5.85. The van der Waals surface area contributed by atoms with Crippen LogP contribution in [0.5, 0.6) is 0 Å². The first-order chi connectivity index (χ1) is 5.35. The van der Waals surface area contributed by atoms with Crippen molar-refractivity contribution in [3.8, 4) is 0 Å². The predicted octanol–water partition coefficient (Wildman–Crippen LogP) is 2.48. The lowest BCUT2D eigenvalue weighted by Gasteiger charge is -2.44. The smallest absolute Gasteiger partial charge is 0.0220 e. The summed E-state index contributed by atoms with van der Waals surface area (Å²) in [6.07, 6.45) is 3.71. The van der Waals surface area contributed by atoms with Crippen LogP contribution in [0.25, 0.3) is 0 Å². The second-order valence-corrected chi connectivity index (χ2v) is 5.78. The first-order valence-electron chi connectivity index (χ1n) is 4.81. The van der Waals surface area contributed by atoms with Crippen molar-refractivity contribution in [2.75, 3.05) is 0 Å². The number of hydrogen-bond acceptors (Lipinski definition) is 2. The number of nitrogens with two attached hydrogens (primary N) is 1. The zero-order valence-electron chi connectivity index (χ0n) is 9.18. The molecule has 13 heavy (non-hydrogen) atoms. The van der Waals surface area contributed by atoms with Gasteiger partial charge >= 0.3 is 0 Å².